The van der Waals surface area contributed by atoms with Crippen LogP contribution in [0.3, 0.4) is 0 Å². The third-order valence-electron chi connectivity index (χ3n) is 4.98. The number of hydrogen-bond donors (Lipinski definition) is 0. The van der Waals surface area contributed by atoms with Gasteiger partial charge in [0.15, 0.2) is 9.84 Å². The molecular weight excluding hydrogens is 382 g/mol. The topological polar surface area (TPSA) is 71.5 Å². The first-order valence-electron chi connectivity index (χ1n) is 8.92. The quantitative estimate of drug-likeness (QED) is 0.780. The molecule has 146 valence electrons. The molecule has 1 aliphatic heterocycles. The fourth-order valence-electron chi connectivity index (χ4n) is 3.25. The lowest BCUT2D eigenvalue weighted by Gasteiger charge is -2.20. The standard InChI is InChI=1S/C20H25NO4S2/c1-20(2,3)16-9-11-18(12-10-16)27(24,25)21-14-13-19(15-21)26(22,23)17-7-5-4-6-8-17/h4-12,19H,13-15H2,1-3H3. The molecule has 1 fully saturated rings. The molecule has 2 aromatic rings. The first kappa shape index (κ1) is 20.0. The molecule has 0 radical (unpaired) electrons. The highest BCUT2D eigenvalue weighted by Crippen LogP contribution is 2.29. The maximum atomic E-state index is 12.9. The summed E-state index contributed by atoms with van der Waals surface area (Å²) in [6.45, 7) is 6.39. The van der Waals surface area contributed by atoms with Crippen molar-refractivity contribution in [1.82, 2.24) is 4.31 Å². The Hall–Kier alpha value is -1.70. The van der Waals surface area contributed by atoms with E-state index >= 15 is 0 Å². The first-order valence-corrected chi connectivity index (χ1v) is 11.9. The van der Waals surface area contributed by atoms with Crippen molar-refractivity contribution in [1.29, 1.82) is 0 Å². The molecule has 1 atom stereocenters. The minimum atomic E-state index is -3.71. The molecule has 2 aromatic carbocycles. The Bertz CT molecular complexity index is 1010. The van der Waals surface area contributed by atoms with E-state index in [1.807, 2.05) is 12.1 Å². The minimum absolute atomic E-state index is 0.0133. The molecule has 0 amide bonds. The zero-order chi connectivity index (χ0) is 19.9. The molecule has 1 unspecified atom stereocenters. The summed E-state index contributed by atoms with van der Waals surface area (Å²) in [6, 6.07) is 15.1. The van der Waals surface area contributed by atoms with Gasteiger partial charge >= 0.3 is 0 Å². The van der Waals surface area contributed by atoms with Crippen LogP contribution >= 0.6 is 0 Å². The van der Waals surface area contributed by atoms with Gasteiger partial charge in [-0.1, -0.05) is 51.1 Å². The molecule has 0 aliphatic carbocycles. The Balaban J connectivity index is 1.82. The van der Waals surface area contributed by atoms with Crippen molar-refractivity contribution in [2.75, 3.05) is 13.1 Å². The van der Waals surface area contributed by atoms with Crippen LogP contribution in [0.1, 0.15) is 32.8 Å². The summed E-state index contributed by atoms with van der Waals surface area (Å²) in [5.74, 6) is 0. The maximum Gasteiger partial charge on any atom is 0.243 e. The molecule has 3 rings (SSSR count). The molecule has 1 heterocycles. The second-order valence-electron chi connectivity index (χ2n) is 7.91. The number of nitrogens with zero attached hydrogens (tertiary/aromatic N) is 1. The van der Waals surface area contributed by atoms with Gasteiger partial charge in [0, 0.05) is 13.1 Å². The second kappa shape index (κ2) is 7.04. The van der Waals surface area contributed by atoms with Gasteiger partial charge in [-0.2, -0.15) is 4.31 Å². The molecule has 0 aromatic heterocycles. The lowest BCUT2D eigenvalue weighted by atomic mass is 9.87. The second-order valence-corrected chi connectivity index (χ2v) is 12.1. The summed E-state index contributed by atoms with van der Waals surface area (Å²) in [6.07, 6.45) is 0.302. The van der Waals surface area contributed by atoms with Crippen LogP contribution in [0, 0.1) is 0 Å². The van der Waals surface area contributed by atoms with Gasteiger partial charge in [-0.3, -0.25) is 0 Å². The van der Waals surface area contributed by atoms with Gasteiger partial charge in [0.2, 0.25) is 10.0 Å². The zero-order valence-corrected chi connectivity index (χ0v) is 17.4. The largest absolute Gasteiger partial charge is 0.243 e. The lowest BCUT2D eigenvalue weighted by molar-refractivity contribution is 0.476. The van der Waals surface area contributed by atoms with E-state index in [0.717, 1.165) is 5.56 Å². The Morgan fingerprint density at radius 3 is 2.00 bits per heavy atom. The van der Waals surface area contributed by atoms with Crippen LogP contribution in [0.15, 0.2) is 64.4 Å². The predicted octanol–water partition coefficient (Wildman–Crippen LogP) is 3.22. The number of sulfone groups is 1. The molecular formula is C20H25NO4S2. The van der Waals surface area contributed by atoms with Gasteiger partial charge in [-0.05, 0) is 41.7 Å². The molecule has 0 saturated carbocycles. The van der Waals surface area contributed by atoms with Crippen LogP contribution in [-0.2, 0) is 25.3 Å². The van der Waals surface area contributed by atoms with Crippen LogP contribution < -0.4 is 0 Å². The van der Waals surface area contributed by atoms with E-state index in [1.54, 1.807) is 42.5 Å². The van der Waals surface area contributed by atoms with E-state index in [4.69, 9.17) is 0 Å². The highest BCUT2D eigenvalue weighted by atomic mass is 32.2. The fraction of sp³-hybridized carbons (Fsp3) is 0.400. The fourth-order valence-corrected chi connectivity index (χ4v) is 6.56. The highest BCUT2D eigenvalue weighted by Gasteiger charge is 2.39. The average molecular weight is 408 g/mol. The van der Waals surface area contributed by atoms with Gasteiger partial charge in [0.25, 0.3) is 0 Å². The summed E-state index contributed by atoms with van der Waals surface area (Å²) >= 11 is 0. The summed E-state index contributed by atoms with van der Waals surface area (Å²) < 4.78 is 52.7. The number of sulfonamides is 1. The van der Waals surface area contributed by atoms with Crippen molar-refractivity contribution in [2.24, 2.45) is 0 Å². The maximum absolute atomic E-state index is 12.9. The molecule has 1 aliphatic rings. The average Bonchev–Trinajstić information content (AvgIpc) is 3.14. The van der Waals surface area contributed by atoms with Crippen molar-refractivity contribution in [2.45, 2.75) is 47.6 Å². The van der Waals surface area contributed by atoms with Gasteiger partial charge in [0.05, 0.1) is 15.0 Å². The van der Waals surface area contributed by atoms with Crippen molar-refractivity contribution < 1.29 is 16.8 Å². The SMILES string of the molecule is CC(C)(C)c1ccc(S(=O)(=O)N2CCC(S(=O)(=O)c3ccccc3)C2)cc1. The normalized spacial score (nSPS) is 19.3. The van der Waals surface area contributed by atoms with E-state index < -0.39 is 25.1 Å². The summed E-state index contributed by atoms with van der Waals surface area (Å²) in [5.41, 5.74) is 0.984. The van der Waals surface area contributed by atoms with Crippen molar-refractivity contribution >= 4 is 19.9 Å². The predicted molar refractivity (Wildman–Crippen MR) is 106 cm³/mol. The van der Waals surface area contributed by atoms with E-state index in [9.17, 15) is 16.8 Å². The molecule has 0 spiro atoms. The molecule has 5 nitrogen and oxygen atoms in total. The van der Waals surface area contributed by atoms with Gasteiger partial charge in [0.1, 0.15) is 0 Å². The van der Waals surface area contributed by atoms with Crippen molar-refractivity contribution in [3.8, 4) is 0 Å². The lowest BCUT2D eigenvalue weighted by Crippen LogP contribution is -2.32. The monoisotopic (exact) mass is 407 g/mol. The Kier molecular flexibility index (Phi) is 5.22. The summed E-state index contributed by atoms with van der Waals surface area (Å²) in [7, 11) is -7.25. The van der Waals surface area contributed by atoms with Crippen LogP contribution in [0.4, 0.5) is 0 Å². The van der Waals surface area contributed by atoms with E-state index in [2.05, 4.69) is 20.8 Å². The van der Waals surface area contributed by atoms with E-state index in [1.165, 1.54) is 4.31 Å². The minimum Gasteiger partial charge on any atom is -0.223 e. The number of benzene rings is 2. The molecule has 1 saturated heterocycles. The van der Waals surface area contributed by atoms with E-state index in [0.29, 0.717) is 6.42 Å². The first-order chi connectivity index (χ1) is 12.5. The molecule has 27 heavy (non-hydrogen) atoms. The smallest absolute Gasteiger partial charge is 0.223 e. The highest BCUT2D eigenvalue weighted by molar-refractivity contribution is 7.92. The van der Waals surface area contributed by atoms with Crippen LogP contribution in [0.25, 0.3) is 0 Å². The Labute approximate surface area is 162 Å². The number of hydrogen-bond acceptors (Lipinski definition) is 4. The van der Waals surface area contributed by atoms with Gasteiger partial charge < -0.3 is 0 Å². The van der Waals surface area contributed by atoms with Crippen LogP contribution in [0.2, 0.25) is 0 Å². The Morgan fingerprint density at radius 1 is 0.852 bits per heavy atom. The summed E-state index contributed by atoms with van der Waals surface area (Å²) in [4.78, 5) is 0.442. The van der Waals surface area contributed by atoms with Crippen molar-refractivity contribution in [3.63, 3.8) is 0 Å². The van der Waals surface area contributed by atoms with Crippen LogP contribution in [-0.4, -0.2) is 39.5 Å². The van der Waals surface area contributed by atoms with Gasteiger partial charge in [-0.25, -0.2) is 16.8 Å². The van der Waals surface area contributed by atoms with E-state index in [-0.39, 0.29) is 28.3 Å². The molecule has 0 bridgehead atoms. The Morgan fingerprint density at radius 2 is 1.44 bits per heavy atom. The molecule has 7 heteroatoms. The zero-order valence-electron chi connectivity index (χ0n) is 15.8. The third-order valence-corrected chi connectivity index (χ3v) is 9.05. The third kappa shape index (κ3) is 3.95. The van der Waals surface area contributed by atoms with Crippen LogP contribution in [0.5, 0.6) is 0 Å². The van der Waals surface area contributed by atoms with Crippen molar-refractivity contribution in [3.05, 3.63) is 60.2 Å². The van der Waals surface area contributed by atoms with Gasteiger partial charge in [-0.15, -0.1) is 0 Å². The number of rotatable bonds is 4. The summed E-state index contributed by atoms with van der Waals surface area (Å²) in [5, 5.41) is -0.719. The molecule has 0 N–H and O–H groups in total.